The molecule has 0 aliphatic carbocycles. The van der Waals surface area contributed by atoms with Gasteiger partial charge < -0.3 is 4.98 Å². The van der Waals surface area contributed by atoms with Crippen LogP contribution in [-0.2, 0) is 10.0 Å². The lowest BCUT2D eigenvalue weighted by Crippen LogP contribution is -2.14. The number of nitrogens with zero attached hydrogens (tertiary/aromatic N) is 1. The van der Waals surface area contributed by atoms with Gasteiger partial charge >= 0.3 is 0 Å². The van der Waals surface area contributed by atoms with Gasteiger partial charge in [-0.2, -0.15) is 0 Å². The first-order chi connectivity index (χ1) is 11.0. The minimum absolute atomic E-state index is 0.0471. The van der Waals surface area contributed by atoms with E-state index < -0.39 is 15.8 Å². The van der Waals surface area contributed by atoms with Crippen molar-refractivity contribution in [1.29, 1.82) is 0 Å². The molecule has 5 nitrogen and oxygen atoms in total. The summed E-state index contributed by atoms with van der Waals surface area (Å²) in [6, 6.07) is 10.5. The molecular weight excluding hydrogens is 317 g/mol. The lowest BCUT2D eigenvalue weighted by molar-refractivity contribution is 0.598. The number of H-pyrrole nitrogens is 1. The van der Waals surface area contributed by atoms with Crippen LogP contribution in [0.5, 0.6) is 0 Å². The van der Waals surface area contributed by atoms with E-state index >= 15 is 0 Å². The third-order valence-corrected chi connectivity index (χ3v) is 4.89. The number of rotatable bonds is 4. The summed E-state index contributed by atoms with van der Waals surface area (Å²) in [7, 11) is -3.79. The average molecular weight is 331 g/mol. The lowest BCUT2D eigenvalue weighted by Gasteiger charge is -2.11. The highest BCUT2D eigenvalue weighted by molar-refractivity contribution is 7.92. The molecule has 2 aromatic carbocycles. The highest BCUT2D eigenvalue weighted by Gasteiger charge is 2.17. The van der Waals surface area contributed by atoms with E-state index in [-0.39, 0.29) is 4.90 Å². The fraction of sp³-hybridized carbons (Fsp3) is 0.0625. The summed E-state index contributed by atoms with van der Waals surface area (Å²) in [5, 5.41) is 0. The molecule has 1 aromatic heterocycles. The Hall–Kier alpha value is -2.67. The van der Waals surface area contributed by atoms with Crippen molar-refractivity contribution in [3.63, 3.8) is 0 Å². The summed E-state index contributed by atoms with van der Waals surface area (Å²) in [4.78, 5) is 6.95. The number of aromatic nitrogens is 2. The van der Waals surface area contributed by atoms with Crippen LogP contribution >= 0.6 is 0 Å². The normalized spacial score (nSPS) is 11.4. The van der Waals surface area contributed by atoms with Crippen LogP contribution in [0.4, 0.5) is 10.1 Å². The van der Waals surface area contributed by atoms with Gasteiger partial charge in [-0.3, -0.25) is 4.72 Å². The van der Waals surface area contributed by atoms with Gasteiger partial charge in [0.25, 0.3) is 10.0 Å². The Bertz CT molecular complexity index is 938. The maximum Gasteiger partial charge on any atom is 0.262 e. The van der Waals surface area contributed by atoms with Gasteiger partial charge in [-0.1, -0.05) is 12.1 Å². The standard InChI is InChI=1S/C16H14FN3O2S/c1-11-7-13(17)5-6-16(11)23(21,22)20-14-4-2-3-12(8-14)15-9-18-10-19-15/h2-10,20H,1H3,(H,18,19). The molecule has 3 rings (SSSR count). The number of halogens is 1. The van der Waals surface area contributed by atoms with Crippen LogP contribution in [0.3, 0.4) is 0 Å². The van der Waals surface area contributed by atoms with E-state index in [0.29, 0.717) is 11.3 Å². The molecular formula is C16H14FN3O2S. The first-order valence-electron chi connectivity index (χ1n) is 6.83. The molecule has 0 bridgehead atoms. The Kier molecular flexibility index (Phi) is 3.87. The average Bonchev–Trinajstić information content (AvgIpc) is 3.00. The fourth-order valence-corrected chi connectivity index (χ4v) is 3.57. The molecule has 1 heterocycles. The zero-order valence-corrected chi connectivity index (χ0v) is 13.1. The number of sulfonamides is 1. The number of nitrogens with one attached hydrogen (secondary N) is 2. The Morgan fingerprint density at radius 3 is 2.70 bits per heavy atom. The van der Waals surface area contributed by atoms with Crippen LogP contribution < -0.4 is 4.72 Å². The molecule has 0 saturated heterocycles. The quantitative estimate of drug-likeness (QED) is 0.770. The van der Waals surface area contributed by atoms with E-state index in [1.54, 1.807) is 37.6 Å². The summed E-state index contributed by atoms with van der Waals surface area (Å²) in [6.07, 6.45) is 3.20. The van der Waals surface area contributed by atoms with Gasteiger partial charge in [-0.25, -0.2) is 17.8 Å². The Morgan fingerprint density at radius 2 is 2.00 bits per heavy atom. The zero-order chi connectivity index (χ0) is 16.4. The first kappa shape index (κ1) is 15.2. The number of aromatic amines is 1. The molecule has 0 spiro atoms. The molecule has 23 heavy (non-hydrogen) atoms. The van der Waals surface area contributed by atoms with Crippen molar-refractivity contribution < 1.29 is 12.8 Å². The van der Waals surface area contributed by atoms with E-state index in [9.17, 15) is 12.8 Å². The molecule has 3 aromatic rings. The lowest BCUT2D eigenvalue weighted by atomic mass is 10.1. The van der Waals surface area contributed by atoms with Gasteiger partial charge in [0.2, 0.25) is 0 Å². The molecule has 0 aliphatic heterocycles. The third-order valence-electron chi connectivity index (χ3n) is 3.35. The Balaban J connectivity index is 1.93. The van der Waals surface area contributed by atoms with E-state index in [2.05, 4.69) is 14.7 Å². The summed E-state index contributed by atoms with van der Waals surface area (Å²) in [5.41, 5.74) is 2.35. The number of anilines is 1. The number of imidazole rings is 1. The molecule has 118 valence electrons. The van der Waals surface area contributed by atoms with Crippen LogP contribution in [0.15, 0.2) is 59.9 Å². The number of aryl methyl sites for hydroxylation is 1. The third kappa shape index (κ3) is 3.24. The van der Waals surface area contributed by atoms with Gasteiger partial charge in [0.15, 0.2) is 0 Å². The van der Waals surface area contributed by atoms with Crippen molar-refractivity contribution in [3.05, 3.63) is 66.4 Å². The summed E-state index contributed by atoms with van der Waals surface area (Å²) >= 11 is 0. The topological polar surface area (TPSA) is 74.8 Å². The maximum atomic E-state index is 13.1. The highest BCUT2D eigenvalue weighted by Crippen LogP contribution is 2.24. The van der Waals surface area contributed by atoms with Gasteiger partial charge in [-0.05, 0) is 42.8 Å². The van der Waals surface area contributed by atoms with Gasteiger partial charge in [-0.15, -0.1) is 0 Å². The highest BCUT2D eigenvalue weighted by atomic mass is 32.2. The molecule has 0 unspecified atom stereocenters. The van der Waals surface area contributed by atoms with Gasteiger partial charge in [0.05, 0.1) is 23.1 Å². The van der Waals surface area contributed by atoms with Crippen LogP contribution in [-0.4, -0.2) is 18.4 Å². The molecule has 0 aliphatic rings. The molecule has 0 fully saturated rings. The molecule has 0 amide bonds. The molecule has 7 heteroatoms. The maximum absolute atomic E-state index is 13.1. The second kappa shape index (κ2) is 5.85. The summed E-state index contributed by atoms with van der Waals surface area (Å²) in [6.45, 7) is 1.55. The van der Waals surface area contributed by atoms with Crippen molar-refractivity contribution in [2.75, 3.05) is 4.72 Å². The van der Waals surface area contributed by atoms with Crippen molar-refractivity contribution in [2.24, 2.45) is 0 Å². The fourth-order valence-electron chi connectivity index (χ4n) is 2.29. The smallest absolute Gasteiger partial charge is 0.262 e. The molecule has 0 atom stereocenters. The van der Waals surface area contributed by atoms with Crippen LogP contribution in [0.25, 0.3) is 11.3 Å². The van der Waals surface area contributed by atoms with E-state index in [1.807, 2.05) is 6.07 Å². The number of hydrogen-bond donors (Lipinski definition) is 2. The van der Waals surface area contributed by atoms with E-state index in [1.165, 1.54) is 12.1 Å². The summed E-state index contributed by atoms with van der Waals surface area (Å²) in [5.74, 6) is -0.470. The Morgan fingerprint density at radius 1 is 1.17 bits per heavy atom. The predicted molar refractivity (Wildman–Crippen MR) is 86.0 cm³/mol. The van der Waals surface area contributed by atoms with Gasteiger partial charge in [0.1, 0.15) is 5.82 Å². The van der Waals surface area contributed by atoms with Crippen LogP contribution in [0, 0.1) is 12.7 Å². The van der Waals surface area contributed by atoms with E-state index in [4.69, 9.17) is 0 Å². The van der Waals surface area contributed by atoms with Crippen molar-refractivity contribution in [3.8, 4) is 11.3 Å². The van der Waals surface area contributed by atoms with Crippen LogP contribution in [0.1, 0.15) is 5.56 Å². The van der Waals surface area contributed by atoms with Crippen molar-refractivity contribution in [1.82, 2.24) is 9.97 Å². The number of hydrogen-bond acceptors (Lipinski definition) is 3. The summed E-state index contributed by atoms with van der Waals surface area (Å²) < 4.78 is 40.6. The molecule has 0 saturated carbocycles. The van der Waals surface area contributed by atoms with Crippen molar-refractivity contribution in [2.45, 2.75) is 11.8 Å². The van der Waals surface area contributed by atoms with Crippen molar-refractivity contribution >= 4 is 15.7 Å². The second-order valence-electron chi connectivity index (χ2n) is 5.06. The second-order valence-corrected chi connectivity index (χ2v) is 6.71. The first-order valence-corrected chi connectivity index (χ1v) is 8.32. The molecule has 2 N–H and O–H groups in total. The van der Waals surface area contributed by atoms with Gasteiger partial charge in [0, 0.05) is 11.3 Å². The largest absolute Gasteiger partial charge is 0.345 e. The predicted octanol–water partition coefficient (Wildman–Crippen LogP) is 3.33. The monoisotopic (exact) mass is 331 g/mol. The number of benzene rings is 2. The van der Waals surface area contributed by atoms with E-state index in [0.717, 1.165) is 17.3 Å². The SMILES string of the molecule is Cc1cc(F)ccc1S(=O)(=O)Nc1cccc(-c2cnc[nH]2)c1. The Labute approximate surface area is 133 Å². The minimum atomic E-state index is -3.79. The zero-order valence-electron chi connectivity index (χ0n) is 12.2. The van der Waals surface area contributed by atoms with Crippen LogP contribution in [0.2, 0.25) is 0 Å². The minimum Gasteiger partial charge on any atom is -0.345 e. The molecule has 0 radical (unpaired) electrons.